The number of ether oxygens (including phenoxy) is 1. The minimum Gasteiger partial charge on any atom is -0.377 e. The number of nitrogens with two attached hydrogens (primary N) is 1. The average Bonchev–Trinajstić information content (AvgIpc) is 2.40. The highest BCUT2D eigenvalue weighted by Gasteiger charge is 2.24. The van der Waals surface area contributed by atoms with Crippen molar-refractivity contribution in [3.05, 3.63) is 0 Å². The molecule has 1 saturated heterocycles. The minimum absolute atomic E-state index is 0.443. The molecule has 2 atom stereocenters. The Kier molecular flexibility index (Phi) is 5.75. The van der Waals surface area contributed by atoms with Gasteiger partial charge in [0.25, 0.3) is 0 Å². The highest BCUT2D eigenvalue weighted by Crippen LogP contribution is 2.26. The molecule has 2 rings (SSSR count). The fraction of sp³-hybridized carbons (Fsp3) is 1.00. The van der Waals surface area contributed by atoms with Crippen molar-refractivity contribution in [3.8, 4) is 0 Å². The van der Waals surface area contributed by atoms with Crippen molar-refractivity contribution < 1.29 is 4.74 Å². The maximum absolute atomic E-state index is 6.07. The fourth-order valence-corrected chi connectivity index (χ4v) is 3.18. The summed E-state index contributed by atoms with van der Waals surface area (Å²) >= 11 is 0. The third-order valence-corrected chi connectivity index (χ3v) is 4.33. The number of likely N-dealkylation sites (tertiary alicyclic amines) is 1. The molecule has 17 heavy (non-hydrogen) atoms. The van der Waals surface area contributed by atoms with E-state index in [9.17, 15) is 0 Å². The number of hydrogen-bond acceptors (Lipinski definition) is 3. The lowest BCUT2D eigenvalue weighted by atomic mass is 9.86. The monoisotopic (exact) mass is 240 g/mol. The van der Waals surface area contributed by atoms with Crippen LogP contribution in [0.25, 0.3) is 0 Å². The molecule has 0 radical (unpaired) electrons. The van der Waals surface area contributed by atoms with Crippen LogP contribution in [0.1, 0.15) is 44.9 Å². The van der Waals surface area contributed by atoms with Gasteiger partial charge in [0.1, 0.15) is 0 Å². The van der Waals surface area contributed by atoms with Crippen molar-refractivity contribution in [1.29, 1.82) is 0 Å². The first-order valence-electron chi connectivity index (χ1n) is 7.44. The van der Waals surface area contributed by atoms with Gasteiger partial charge in [-0.2, -0.15) is 0 Å². The molecular formula is C14H28N2O. The van der Waals surface area contributed by atoms with Gasteiger partial charge in [0.15, 0.2) is 0 Å². The predicted molar refractivity (Wildman–Crippen MR) is 71.0 cm³/mol. The lowest BCUT2D eigenvalue weighted by Gasteiger charge is -2.32. The van der Waals surface area contributed by atoms with Crippen LogP contribution in [0.4, 0.5) is 0 Å². The summed E-state index contributed by atoms with van der Waals surface area (Å²) < 4.78 is 6.07. The SMILES string of the molecule is NCC1CCCCC1OCCN1CCCCC1. The maximum Gasteiger partial charge on any atom is 0.0616 e. The minimum atomic E-state index is 0.443. The van der Waals surface area contributed by atoms with E-state index in [4.69, 9.17) is 10.5 Å². The quantitative estimate of drug-likeness (QED) is 0.799. The van der Waals surface area contributed by atoms with Gasteiger partial charge in [-0.15, -0.1) is 0 Å². The molecule has 2 fully saturated rings. The summed E-state index contributed by atoms with van der Waals surface area (Å²) in [7, 11) is 0. The molecule has 0 aromatic rings. The second kappa shape index (κ2) is 7.34. The van der Waals surface area contributed by atoms with Crippen molar-refractivity contribution in [1.82, 2.24) is 4.90 Å². The summed E-state index contributed by atoms with van der Waals surface area (Å²) in [5.41, 5.74) is 5.82. The third-order valence-electron chi connectivity index (χ3n) is 4.33. The zero-order valence-corrected chi connectivity index (χ0v) is 11.1. The number of rotatable bonds is 5. The van der Waals surface area contributed by atoms with Crippen LogP contribution in [0.3, 0.4) is 0 Å². The van der Waals surface area contributed by atoms with Crippen molar-refractivity contribution in [2.24, 2.45) is 11.7 Å². The molecule has 1 aliphatic carbocycles. The van der Waals surface area contributed by atoms with E-state index in [1.165, 1.54) is 58.0 Å². The molecule has 0 aromatic carbocycles. The lowest BCUT2D eigenvalue weighted by Crippen LogP contribution is -2.37. The lowest BCUT2D eigenvalue weighted by molar-refractivity contribution is -0.0178. The highest BCUT2D eigenvalue weighted by molar-refractivity contribution is 4.76. The van der Waals surface area contributed by atoms with Crippen LogP contribution in [0.15, 0.2) is 0 Å². The third kappa shape index (κ3) is 4.23. The summed E-state index contributed by atoms with van der Waals surface area (Å²) in [5.74, 6) is 0.616. The first-order chi connectivity index (χ1) is 8.40. The second-order valence-corrected chi connectivity index (χ2v) is 5.59. The molecule has 1 saturated carbocycles. The van der Waals surface area contributed by atoms with Gasteiger partial charge < -0.3 is 15.4 Å². The van der Waals surface area contributed by atoms with Crippen LogP contribution in [-0.2, 0) is 4.74 Å². The van der Waals surface area contributed by atoms with Crippen molar-refractivity contribution in [2.45, 2.75) is 51.0 Å². The Morgan fingerprint density at radius 3 is 2.53 bits per heavy atom. The molecular weight excluding hydrogens is 212 g/mol. The molecule has 0 spiro atoms. The van der Waals surface area contributed by atoms with Crippen molar-refractivity contribution in [3.63, 3.8) is 0 Å². The van der Waals surface area contributed by atoms with E-state index in [0.717, 1.165) is 19.7 Å². The predicted octanol–water partition coefficient (Wildman–Crippen LogP) is 2.01. The number of piperidine rings is 1. The van der Waals surface area contributed by atoms with E-state index in [1.54, 1.807) is 0 Å². The summed E-state index contributed by atoms with van der Waals surface area (Å²) in [5, 5.41) is 0. The Morgan fingerprint density at radius 2 is 1.76 bits per heavy atom. The van der Waals surface area contributed by atoms with Gasteiger partial charge in [0.2, 0.25) is 0 Å². The molecule has 1 aliphatic heterocycles. The van der Waals surface area contributed by atoms with Gasteiger partial charge in [-0.1, -0.05) is 19.3 Å². The molecule has 1 heterocycles. The van der Waals surface area contributed by atoms with E-state index in [2.05, 4.69) is 4.90 Å². The van der Waals surface area contributed by atoms with Gasteiger partial charge in [-0.25, -0.2) is 0 Å². The van der Waals surface area contributed by atoms with E-state index >= 15 is 0 Å². The molecule has 2 N–H and O–H groups in total. The summed E-state index contributed by atoms with van der Waals surface area (Å²) in [4.78, 5) is 2.55. The van der Waals surface area contributed by atoms with Gasteiger partial charge in [0, 0.05) is 6.54 Å². The largest absolute Gasteiger partial charge is 0.377 e. The molecule has 100 valence electrons. The van der Waals surface area contributed by atoms with Crippen LogP contribution >= 0.6 is 0 Å². The number of nitrogens with zero attached hydrogens (tertiary/aromatic N) is 1. The van der Waals surface area contributed by atoms with E-state index in [0.29, 0.717) is 12.0 Å². The molecule has 3 heteroatoms. The topological polar surface area (TPSA) is 38.5 Å². The van der Waals surface area contributed by atoms with Crippen LogP contribution in [-0.4, -0.2) is 43.8 Å². The van der Waals surface area contributed by atoms with Crippen LogP contribution in [0.2, 0.25) is 0 Å². The van der Waals surface area contributed by atoms with E-state index in [1.807, 2.05) is 0 Å². The van der Waals surface area contributed by atoms with Gasteiger partial charge >= 0.3 is 0 Å². The summed E-state index contributed by atoms with van der Waals surface area (Å²) in [6.45, 7) is 5.37. The Labute approximate surface area is 106 Å². The Balaban J connectivity index is 1.62. The number of hydrogen-bond donors (Lipinski definition) is 1. The normalized spacial score (nSPS) is 31.6. The smallest absolute Gasteiger partial charge is 0.0616 e. The van der Waals surface area contributed by atoms with Crippen LogP contribution < -0.4 is 5.73 Å². The molecule has 0 amide bonds. The van der Waals surface area contributed by atoms with Crippen LogP contribution in [0, 0.1) is 5.92 Å². The standard InChI is InChI=1S/C14H28N2O/c15-12-13-6-2-3-7-14(13)17-11-10-16-8-4-1-5-9-16/h13-14H,1-12,15H2. The zero-order chi connectivity index (χ0) is 11.9. The van der Waals surface area contributed by atoms with Gasteiger partial charge in [0.05, 0.1) is 12.7 Å². The zero-order valence-electron chi connectivity index (χ0n) is 11.1. The first-order valence-corrected chi connectivity index (χ1v) is 7.44. The fourth-order valence-electron chi connectivity index (χ4n) is 3.18. The molecule has 0 aromatic heterocycles. The first kappa shape index (κ1) is 13.3. The van der Waals surface area contributed by atoms with Gasteiger partial charge in [-0.05, 0) is 51.2 Å². The molecule has 2 unspecified atom stereocenters. The average molecular weight is 240 g/mol. The van der Waals surface area contributed by atoms with E-state index < -0.39 is 0 Å². The van der Waals surface area contributed by atoms with Crippen molar-refractivity contribution >= 4 is 0 Å². The van der Waals surface area contributed by atoms with Crippen LogP contribution in [0.5, 0.6) is 0 Å². The van der Waals surface area contributed by atoms with Gasteiger partial charge in [-0.3, -0.25) is 0 Å². The summed E-state index contributed by atoms with van der Waals surface area (Å²) in [6.07, 6.45) is 9.75. The molecule has 0 bridgehead atoms. The van der Waals surface area contributed by atoms with E-state index in [-0.39, 0.29) is 0 Å². The van der Waals surface area contributed by atoms with Crippen molar-refractivity contribution in [2.75, 3.05) is 32.8 Å². The molecule has 3 nitrogen and oxygen atoms in total. The second-order valence-electron chi connectivity index (χ2n) is 5.59. The molecule has 2 aliphatic rings. The Morgan fingerprint density at radius 1 is 1.00 bits per heavy atom. The maximum atomic E-state index is 6.07. The summed E-state index contributed by atoms with van der Waals surface area (Å²) in [6, 6.07) is 0. The highest BCUT2D eigenvalue weighted by atomic mass is 16.5. The Bertz CT molecular complexity index is 204. The Hall–Kier alpha value is -0.120.